The van der Waals surface area contributed by atoms with E-state index in [4.69, 9.17) is 25.6 Å². The van der Waals surface area contributed by atoms with Crippen LogP contribution in [0.5, 0.6) is 11.5 Å². The van der Waals surface area contributed by atoms with Crippen LogP contribution in [-0.4, -0.2) is 48.3 Å². The molecular formula is C25H28ClN3O4. The maximum atomic E-state index is 13.1. The third-order valence-electron chi connectivity index (χ3n) is 6.03. The van der Waals surface area contributed by atoms with Crippen LogP contribution in [0.2, 0.25) is 5.02 Å². The molecular weight excluding hydrogens is 442 g/mol. The fraction of sp³-hybridized carbons (Fsp3) is 0.400. The van der Waals surface area contributed by atoms with Gasteiger partial charge in [-0.2, -0.15) is 4.98 Å². The van der Waals surface area contributed by atoms with E-state index >= 15 is 0 Å². The number of halogens is 1. The van der Waals surface area contributed by atoms with Gasteiger partial charge in [0, 0.05) is 36.0 Å². The highest BCUT2D eigenvalue weighted by molar-refractivity contribution is 6.30. The average Bonchev–Trinajstić information content (AvgIpc) is 3.26. The number of nitrogens with zero attached hydrogens (tertiary/aromatic N) is 3. The topological polar surface area (TPSA) is 77.7 Å². The van der Waals surface area contributed by atoms with Crippen molar-refractivity contribution in [1.82, 2.24) is 15.0 Å². The van der Waals surface area contributed by atoms with Gasteiger partial charge in [-0.05, 0) is 49.1 Å². The van der Waals surface area contributed by atoms with Gasteiger partial charge in [0.25, 0.3) is 0 Å². The van der Waals surface area contributed by atoms with Crippen LogP contribution in [0.15, 0.2) is 47.0 Å². The van der Waals surface area contributed by atoms with Gasteiger partial charge in [0.05, 0.1) is 14.2 Å². The van der Waals surface area contributed by atoms with Crippen molar-refractivity contribution >= 4 is 17.5 Å². The highest BCUT2D eigenvalue weighted by atomic mass is 35.5. The summed E-state index contributed by atoms with van der Waals surface area (Å²) in [6, 6.07) is 13.2. The van der Waals surface area contributed by atoms with Gasteiger partial charge in [-0.25, -0.2) is 0 Å². The molecule has 0 radical (unpaired) electrons. The lowest BCUT2D eigenvalue weighted by atomic mass is 9.84. The molecule has 3 aromatic rings. The summed E-state index contributed by atoms with van der Waals surface area (Å²) in [5.41, 5.74) is 1.88. The van der Waals surface area contributed by atoms with Crippen LogP contribution < -0.4 is 9.47 Å². The summed E-state index contributed by atoms with van der Waals surface area (Å²) in [6.07, 6.45) is 4.26. The monoisotopic (exact) mass is 469 g/mol. The van der Waals surface area contributed by atoms with E-state index in [1.165, 1.54) is 0 Å². The van der Waals surface area contributed by atoms with Crippen molar-refractivity contribution in [2.45, 2.75) is 32.1 Å². The Labute approximate surface area is 198 Å². The summed E-state index contributed by atoms with van der Waals surface area (Å²) >= 11 is 6.06. The van der Waals surface area contributed by atoms with Crippen molar-refractivity contribution in [2.75, 3.05) is 27.3 Å². The van der Waals surface area contributed by atoms with Gasteiger partial charge in [-0.3, -0.25) is 4.79 Å². The fourth-order valence-corrected chi connectivity index (χ4v) is 4.07. The van der Waals surface area contributed by atoms with Gasteiger partial charge in [-0.1, -0.05) is 41.4 Å². The summed E-state index contributed by atoms with van der Waals surface area (Å²) in [6.45, 7) is 1.14. The van der Waals surface area contributed by atoms with Crippen molar-refractivity contribution in [3.63, 3.8) is 0 Å². The van der Waals surface area contributed by atoms with Crippen LogP contribution in [0, 0.1) is 5.92 Å². The van der Waals surface area contributed by atoms with Crippen LogP contribution in [-0.2, 0) is 17.6 Å². The van der Waals surface area contributed by atoms with Crippen molar-refractivity contribution in [1.29, 1.82) is 0 Å². The maximum Gasteiger partial charge on any atom is 0.228 e. The predicted molar refractivity (Wildman–Crippen MR) is 126 cm³/mol. The van der Waals surface area contributed by atoms with E-state index in [9.17, 15) is 4.79 Å². The molecule has 0 N–H and O–H groups in total. The van der Waals surface area contributed by atoms with E-state index in [0.29, 0.717) is 47.7 Å². The van der Waals surface area contributed by atoms with E-state index in [0.717, 1.165) is 36.8 Å². The van der Waals surface area contributed by atoms with Gasteiger partial charge >= 0.3 is 0 Å². The first-order valence-corrected chi connectivity index (χ1v) is 11.5. The molecule has 33 heavy (non-hydrogen) atoms. The van der Waals surface area contributed by atoms with Crippen molar-refractivity contribution < 1.29 is 18.8 Å². The Morgan fingerprint density at radius 2 is 1.88 bits per heavy atom. The zero-order chi connectivity index (χ0) is 23.2. The molecule has 0 bridgehead atoms. The number of methoxy groups -OCH3 is 2. The molecule has 1 fully saturated rings. The molecule has 8 heteroatoms. The third-order valence-corrected chi connectivity index (χ3v) is 6.27. The largest absolute Gasteiger partial charge is 0.493 e. The molecule has 174 valence electrons. The molecule has 1 saturated carbocycles. The summed E-state index contributed by atoms with van der Waals surface area (Å²) < 4.78 is 16.2. The molecule has 1 aliphatic carbocycles. The van der Waals surface area contributed by atoms with Gasteiger partial charge in [0.15, 0.2) is 11.5 Å². The van der Waals surface area contributed by atoms with Crippen LogP contribution in [0.1, 0.15) is 30.7 Å². The third kappa shape index (κ3) is 5.66. The minimum Gasteiger partial charge on any atom is -0.493 e. The number of carbonyl (C=O) groups excluding carboxylic acids is 1. The number of amides is 1. The number of benzene rings is 2. The van der Waals surface area contributed by atoms with Crippen LogP contribution in [0.25, 0.3) is 11.4 Å². The fourth-order valence-electron chi connectivity index (χ4n) is 3.88. The zero-order valence-electron chi connectivity index (χ0n) is 18.9. The van der Waals surface area contributed by atoms with E-state index in [1.807, 2.05) is 35.2 Å². The lowest BCUT2D eigenvalue weighted by Crippen LogP contribution is -2.41. The lowest BCUT2D eigenvalue weighted by Gasteiger charge is -2.31. The van der Waals surface area contributed by atoms with E-state index in [1.54, 1.807) is 26.4 Å². The summed E-state index contributed by atoms with van der Waals surface area (Å²) in [5, 5.41) is 4.68. The minimum absolute atomic E-state index is 0.125. The van der Waals surface area contributed by atoms with Crippen LogP contribution in [0.3, 0.4) is 0 Å². The number of aromatic nitrogens is 2. The molecule has 4 rings (SSSR count). The second kappa shape index (κ2) is 10.7. The highest BCUT2D eigenvalue weighted by Gasteiger charge is 2.29. The molecule has 2 aromatic carbocycles. The smallest absolute Gasteiger partial charge is 0.228 e. The van der Waals surface area contributed by atoms with Crippen molar-refractivity contribution in [3.05, 3.63) is 58.9 Å². The molecule has 1 heterocycles. The minimum atomic E-state index is 0.125. The first-order chi connectivity index (χ1) is 16.1. The van der Waals surface area contributed by atoms with Gasteiger partial charge in [-0.15, -0.1) is 0 Å². The molecule has 0 saturated heterocycles. The summed E-state index contributed by atoms with van der Waals surface area (Å²) in [5.74, 6) is 2.70. The Balaban J connectivity index is 1.41. The van der Waals surface area contributed by atoms with Crippen LogP contribution in [0.4, 0.5) is 0 Å². The van der Waals surface area contributed by atoms with Crippen LogP contribution >= 0.6 is 11.6 Å². The first kappa shape index (κ1) is 23.1. The summed E-state index contributed by atoms with van der Waals surface area (Å²) in [7, 11) is 3.24. The number of rotatable bonds is 10. The Bertz CT molecular complexity index is 1100. The number of hydrogen-bond donors (Lipinski definition) is 0. The van der Waals surface area contributed by atoms with E-state index in [-0.39, 0.29) is 11.8 Å². The summed E-state index contributed by atoms with van der Waals surface area (Å²) in [4.78, 5) is 19.5. The Morgan fingerprint density at radius 3 is 2.58 bits per heavy atom. The van der Waals surface area contributed by atoms with Crippen molar-refractivity contribution in [2.24, 2.45) is 5.92 Å². The molecule has 0 unspecified atom stereocenters. The number of hydrogen-bond acceptors (Lipinski definition) is 6. The second-order valence-corrected chi connectivity index (χ2v) is 8.60. The molecule has 0 aliphatic heterocycles. The highest BCUT2D eigenvalue weighted by Crippen LogP contribution is 2.30. The molecule has 1 aromatic heterocycles. The molecule has 1 amide bonds. The van der Waals surface area contributed by atoms with E-state index < -0.39 is 0 Å². The molecule has 0 atom stereocenters. The molecule has 0 spiro atoms. The molecule has 1 aliphatic rings. The first-order valence-electron chi connectivity index (χ1n) is 11.2. The predicted octanol–water partition coefficient (Wildman–Crippen LogP) is 4.82. The number of carbonyl (C=O) groups is 1. The Morgan fingerprint density at radius 1 is 1.09 bits per heavy atom. The average molecular weight is 470 g/mol. The Kier molecular flexibility index (Phi) is 7.50. The maximum absolute atomic E-state index is 13.1. The quantitative estimate of drug-likeness (QED) is 0.423. The molecule has 7 nitrogen and oxygen atoms in total. The SMILES string of the molecule is COc1ccc(CCN(CCc2nc(-c3cccc(Cl)c3)no2)C(=O)C2CCC2)cc1OC. The van der Waals surface area contributed by atoms with Gasteiger partial charge < -0.3 is 18.9 Å². The van der Waals surface area contributed by atoms with Gasteiger partial charge in [0.1, 0.15) is 0 Å². The second-order valence-electron chi connectivity index (χ2n) is 8.16. The van der Waals surface area contributed by atoms with Gasteiger partial charge in [0.2, 0.25) is 17.6 Å². The lowest BCUT2D eigenvalue weighted by molar-refractivity contribution is -0.138. The zero-order valence-corrected chi connectivity index (χ0v) is 19.7. The normalized spacial score (nSPS) is 13.4. The standard InChI is InChI=1S/C25H28ClN3O4/c1-31-21-10-9-17(15-22(21)32-2)11-13-29(25(30)18-5-3-6-18)14-12-23-27-24(28-33-23)19-7-4-8-20(26)16-19/h4,7-10,15-16,18H,3,5-6,11-14H2,1-2H3. The van der Waals surface area contributed by atoms with Crippen molar-refractivity contribution in [3.8, 4) is 22.9 Å². The van der Waals surface area contributed by atoms with E-state index in [2.05, 4.69) is 10.1 Å². The Hall–Kier alpha value is -3.06. The number of ether oxygens (including phenoxy) is 2.